The van der Waals surface area contributed by atoms with Gasteiger partial charge in [0, 0.05) is 18.8 Å². The van der Waals surface area contributed by atoms with Gasteiger partial charge in [0.1, 0.15) is 0 Å². The lowest BCUT2D eigenvalue weighted by atomic mass is 10.1. The molecule has 2 rings (SSSR count). The molecule has 0 aliphatic carbocycles. The van der Waals surface area contributed by atoms with Gasteiger partial charge in [-0.15, -0.1) is 0 Å². The molecular formula is C17H26N2OS. The van der Waals surface area contributed by atoms with E-state index in [1.54, 1.807) is 0 Å². The standard InChI is InChI=1S/C17H26N2OS/c1-2-3-4-6-14-8-10-15(11-9-14)19-17(21)18-13-16-7-5-12-20-16/h8-11,16H,2-7,12-13H2,1H3,(H2,18,19,21)/t16-/m1/s1. The molecule has 1 heterocycles. The van der Waals surface area contributed by atoms with Crippen molar-refractivity contribution >= 4 is 23.0 Å². The summed E-state index contributed by atoms with van der Waals surface area (Å²) in [6, 6.07) is 8.56. The molecule has 4 heteroatoms. The zero-order valence-corrected chi connectivity index (χ0v) is 13.7. The number of hydrogen-bond donors (Lipinski definition) is 2. The number of thiocarbonyl (C=S) groups is 1. The number of hydrogen-bond acceptors (Lipinski definition) is 2. The molecule has 1 saturated heterocycles. The first-order valence-electron chi connectivity index (χ1n) is 8.03. The second-order valence-electron chi connectivity index (χ2n) is 5.62. The summed E-state index contributed by atoms with van der Waals surface area (Å²) in [5.74, 6) is 0. The summed E-state index contributed by atoms with van der Waals surface area (Å²) in [6.45, 7) is 3.91. The molecule has 0 aromatic heterocycles. The van der Waals surface area contributed by atoms with E-state index in [0.29, 0.717) is 11.2 Å². The molecule has 1 fully saturated rings. The van der Waals surface area contributed by atoms with Crippen molar-refractivity contribution in [3.05, 3.63) is 29.8 Å². The van der Waals surface area contributed by atoms with Crippen molar-refractivity contribution in [2.45, 2.75) is 51.6 Å². The lowest BCUT2D eigenvalue weighted by Gasteiger charge is -2.14. The van der Waals surface area contributed by atoms with Crippen LogP contribution in [-0.2, 0) is 11.2 Å². The Kier molecular flexibility index (Phi) is 6.96. The van der Waals surface area contributed by atoms with E-state index in [1.807, 2.05) is 0 Å². The van der Waals surface area contributed by atoms with Gasteiger partial charge in [-0.1, -0.05) is 31.9 Å². The summed E-state index contributed by atoms with van der Waals surface area (Å²) >= 11 is 5.31. The van der Waals surface area contributed by atoms with E-state index in [0.717, 1.165) is 38.1 Å². The molecule has 0 bridgehead atoms. The van der Waals surface area contributed by atoms with Gasteiger partial charge < -0.3 is 15.4 Å². The zero-order chi connectivity index (χ0) is 14.9. The number of benzene rings is 1. The van der Waals surface area contributed by atoms with Gasteiger partial charge in [0.2, 0.25) is 0 Å². The SMILES string of the molecule is CCCCCc1ccc(NC(=S)NC[C@H]2CCCO2)cc1. The maximum Gasteiger partial charge on any atom is 0.170 e. The third kappa shape index (κ3) is 6.02. The molecule has 0 saturated carbocycles. The van der Waals surface area contributed by atoms with Gasteiger partial charge in [-0.2, -0.15) is 0 Å². The second kappa shape index (κ2) is 9.00. The smallest absolute Gasteiger partial charge is 0.170 e. The highest BCUT2D eigenvalue weighted by atomic mass is 32.1. The van der Waals surface area contributed by atoms with E-state index in [-0.39, 0.29) is 0 Å². The number of aryl methyl sites for hydroxylation is 1. The maximum absolute atomic E-state index is 5.57. The lowest BCUT2D eigenvalue weighted by molar-refractivity contribution is 0.114. The van der Waals surface area contributed by atoms with Crippen LogP contribution in [-0.4, -0.2) is 24.4 Å². The predicted molar refractivity (Wildman–Crippen MR) is 92.9 cm³/mol. The monoisotopic (exact) mass is 306 g/mol. The van der Waals surface area contributed by atoms with Gasteiger partial charge in [0.25, 0.3) is 0 Å². The fraction of sp³-hybridized carbons (Fsp3) is 0.588. The van der Waals surface area contributed by atoms with Crippen LogP contribution < -0.4 is 10.6 Å². The molecule has 0 radical (unpaired) electrons. The highest BCUT2D eigenvalue weighted by Gasteiger charge is 2.15. The van der Waals surface area contributed by atoms with E-state index in [2.05, 4.69) is 41.8 Å². The molecule has 116 valence electrons. The average molecular weight is 306 g/mol. The Labute approximate surface area is 133 Å². The summed E-state index contributed by atoms with van der Waals surface area (Å²) < 4.78 is 5.57. The summed E-state index contributed by atoms with van der Waals surface area (Å²) in [6.07, 6.45) is 7.60. The van der Waals surface area contributed by atoms with E-state index in [9.17, 15) is 0 Å². The van der Waals surface area contributed by atoms with Crippen LogP contribution in [0.2, 0.25) is 0 Å². The number of unbranched alkanes of at least 4 members (excludes halogenated alkanes) is 2. The minimum absolute atomic E-state index is 0.311. The Hall–Kier alpha value is -1.13. The molecule has 1 aliphatic heterocycles. The van der Waals surface area contributed by atoms with Crippen LogP contribution in [0.3, 0.4) is 0 Å². The first-order chi connectivity index (χ1) is 10.3. The van der Waals surface area contributed by atoms with Crippen molar-refractivity contribution in [1.82, 2.24) is 5.32 Å². The Morgan fingerprint density at radius 1 is 1.29 bits per heavy atom. The average Bonchev–Trinajstić information content (AvgIpc) is 3.01. The molecular weight excluding hydrogens is 280 g/mol. The Balaban J connectivity index is 1.70. The number of rotatable bonds is 7. The van der Waals surface area contributed by atoms with Crippen LogP contribution in [0.25, 0.3) is 0 Å². The zero-order valence-electron chi connectivity index (χ0n) is 12.9. The van der Waals surface area contributed by atoms with Gasteiger partial charge in [-0.3, -0.25) is 0 Å². The van der Waals surface area contributed by atoms with E-state index < -0.39 is 0 Å². The molecule has 0 unspecified atom stereocenters. The maximum atomic E-state index is 5.57. The minimum atomic E-state index is 0.311. The highest BCUT2D eigenvalue weighted by Crippen LogP contribution is 2.13. The van der Waals surface area contributed by atoms with Gasteiger partial charge in [0.15, 0.2) is 5.11 Å². The fourth-order valence-corrected chi connectivity index (χ4v) is 2.72. The van der Waals surface area contributed by atoms with Gasteiger partial charge in [0.05, 0.1) is 6.10 Å². The molecule has 21 heavy (non-hydrogen) atoms. The molecule has 1 aromatic rings. The Morgan fingerprint density at radius 3 is 2.76 bits per heavy atom. The van der Waals surface area contributed by atoms with Crippen molar-refractivity contribution < 1.29 is 4.74 Å². The molecule has 1 aromatic carbocycles. The second-order valence-corrected chi connectivity index (χ2v) is 6.03. The topological polar surface area (TPSA) is 33.3 Å². The van der Waals surface area contributed by atoms with Crippen molar-refractivity contribution in [3.63, 3.8) is 0 Å². The summed E-state index contributed by atoms with van der Waals surface area (Å²) in [4.78, 5) is 0. The van der Waals surface area contributed by atoms with E-state index >= 15 is 0 Å². The van der Waals surface area contributed by atoms with Crippen LogP contribution in [0.5, 0.6) is 0 Å². The third-order valence-corrected chi connectivity index (χ3v) is 4.04. The Morgan fingerprint density at radius 2 is 2.10 bits per heavy atom. The normalized spacial score (nSPS) is 17.7. The fourth-order valence-electron chi connectivity index (χ4n) is 2.52. The van der Waals surface area contributed by atoms with Crippen molar-refractivity contribution in [2.75, 3.05) is 18.5 Å². The van der Waals surface area contributed by atoms with E-state index in [1.165, 1.54) is 24.8 Å². The van der Waals surface area contributed by atoms with Crippen LogP contribution in [0.1, 0.15) is 44.6 Å². The third-order valence-electron chi connectivity index (χ3n) is 3.80. The first kappa shape index (κ1) is 16.2. The largest absolute Gasteiger partial charge is 0.376 e. The lowest BCUT2D eigenvalue weighted by Crippen LogP contribution is -2.34. The van der Waals surface area contributed by atoms with Gasteiger partial charge in [-0.05, 0) is 55.6 Å². The molecule has 1 atom stereocenters. The first-order valence-corrected chi connectivity index (χ1v) is 8.44. The summed E-state index contributed by atoms with van der Waals surface area (Å²) in [5.41, 5.74) is 2.44. The molecule has 0 amide bonds. The Bertz CT molecular complexity index is 427. The summed E-state index contributed by atoms with van der Waals surface area (Å²) in [5, 5.41) is 7.12. The predicted octanol–water partition coefficient (Wildman–Crippen LogP) is 3.88. The molecule has 1 aliphatic rings. The van der Waals surface area contributed by atoms with Crippen molar-refractivity contribution in [1.29, 1.82) is 0 Å². The van der Waals surface area contributed by atoms with Crippen molar-refractivity contribution in [2.24, 2.45) is 0 Å². The van der Waals surface area contributed by atoms with Crippen LogP contribution in [0.4, 0.5) is 5.69 Å². The molecule has 2 N–H and O–H groups in total. The number of ether oxygens (including phenoxy) is 1. The van der Waals surface area contributed by atoms with Gasteiger partial charge in [-0.25, -0.2) is 0 Å². The van der Waals surface area contributed by atoms with Crippen LogP contribution >= 0.6 is 12.2 Å². The van der Waals surface area contributed by atoms with Crippen LogP contribution in [0, 0.1) is 0 Å². The molecule has 0 spiro atoms. The quantitative estimate of drug-likeness (QED) is 0.591. The highest BCUT2D eigenvalue weighted by molar-refractivity contribution is 7.80. The minimum Gasteiger partial charge on any atom is -0.376 e. The van der Waals surface area contributed by atoms with Crippen molar-refractivity contribution in [3.8, 4) is 0 Å². The molecule has 3 nitrogen and oxygen atoms in total. The summed E-state index contributed by atoms with van der Waals surface area (Å²) in [7, 11) is 0. The van der Waals surface area contributed by atoms with E-state index in [4.69, 9.17) is 17.0 Å². The van der Waals surface area contributed by atoms with Crippen LogP contribution in [0.15, 0.2) is 24.3 Å². The van der Waals surface area contributed by atoms with Gasteiger partial charge >= 0.3 is 0 Å². The number of nitrogens with one attached hydrogen (secondary N) is 2. The number of anilines is 1.